The highest BCUT2D eigenvalue weighted by molar-refractivity contribution is 7.83. The number of hydrogen-bond donors (Lipinski definition) is 1. The average Bonchev–Trinajstić information content (AvgIpc) is 3.26. The van der Waals surface area contributed by atoms with Gasteiger partial charge in [0, 0.05) is 21.9 Å². The summed E-state index contributed by atoms with van der Waals surface area (Å²) in [5, 5.41) is 9.89. The third-order valence-corrected chi connectivity index (χ3v) is 6.92. The van der Waals surface area contributed by atoms with Crippen molar-refractivity contribution < 1.29 is 9.00 Å². The second kappa shape index (κ2) is 7.22. The molecule has 1 aliphatic heterocycles. The topological polar surface area (TPSA) is 64.0 Å². The van der Waals surface area contributed by atoms with Crippen LogP contribution in [-0.4, -0.2) is 19.9 Å². The van der Waals surface area contributed by atoms with E-state index in [1.54, 1.807) is 4.68 Å². The molecule has 5 nitrogen and oxygen atoms in total. The molecule has 2 heterocycles. The Morgan fingerprint density at radius 1 is 1.00 bits per heavy atom. The Hall–Kier alpha value is -3.25. The van der Waals surface area contributed by atoms with E-state index in [0.29, 0.717) is 22.9 Å². The minimum atomic E-state index is -0.978. The molecule has 5 rings (SSSR count). The largest absolute Gasteiger partial charge is 0.306 e. The van der Waals surface area contributed by atoms with Crippen molar-refractivity contribution in [1.29, 1.82) is 0 Å². The van der Waals surface area contributed by atoms with Crippen molar-refractivity contribution in [3.8, 4) is 5.69 Å². The number of carbonyl (C=O) groups excluding carboxylic acids is 1. The normalized spacial score (nSPS) is 15.3. The molecule has 1 N–H and O–H groups in total. The van der Waals surface area contributed by atoms with Gasteiger partial charge in [-0.3, -0.25) is 9.00 Å². The maximum Gasteiger partial charge on any atom is 0.256 e. The lowest BCUT2D eigenvalue weighted by atomic mass is 10.1. The van der Waals surface area contributed by atoms with Gasteiger partial charge in [-0.25, -0.2) is 4.68 Å². The van der Waals surface area contributed by atoms with Gasteiger partial charge in [0.15, 0.2) is 0 Å². The molecular weight excluding hydrogens is 394 g/mol. The molecule has 30 heavy (non-hydrogen) atoms. The van der Waals surface area contributed by atoms with Crippen LogP contribution in [0.1, 0.15) is 32.7 Å². The second-order valence-electron chi connectivity index (χ2n) is 7.65. The standard InChI is InChI=1S/C24H21N3O2S/c1-15-6-5-9-22(16(15)2)27-23(20-13-30(29)14-21(20)26-27)25-24(28)19-11-10-17-7-3-4-8-18(17)12-19/h3-12H,13-14H2,1-2H3,(H,25,28)/t30-/m0/s1. The second-order valence-corrected chi connectivity index (χ2v) is 9.11. The SMILES string of the molecule is Cc1cccc(-n2nc3c(c2NC(=O)c2ccc4ccccc4c2)C[S@](=O)C3)c1C. The quantitative estimate of drug-likeness (QED) is 0.529. The highest BCUT2D eigenvalue weighted by Gasteiger charge is 2.29. The summed E-state index contributed by atoms with van der Waals surface area (Å²) in [6.07, 6.45) is 0. The molecule has 1 aliphatic rings. The molecule has 1 aromatic heterocycles. The van der Waals surface area contributed by atoms with E-state index in [1.165, 1.54) is 0 Å². The number of fused-ring (bicyclic) bond motifs is 2. The number of nitrogens with zero attached hydrogens (tertiary/aromatic N) is 2. The van der Waals surface area contributed by atoms with Gasteiger partial charge in [-0.15, -0.1) is 0 Å². The molecule has 0 aliphatic carbocycles. The highest BCUT2D eigenvalue weighted by Crippen LogP contribution is 2.33. The monoisotopic (exact) mass is 415 g/mol. The molecule has 4 aromatic rings. The lowest BCUT2D eigenvalue weighted by molar-refractivity contribution is 0.102. The first-order valence-electron chi connectivity index (χ1n) is 9.84. The third kappa shape index (κ3) is 3.13. The maximum absolute atomic E-state index is 13.1. The lowest BCUT2D eigenvalue weighted by Crippen LogP contribution is -2.17. The van der Waals surface area contributed by atoms with Crippen LogP contribution >= 0.6 is 0 Å². The molecule has 1 amide bonds. The Labute approximate surface area is 177 Å². The number of anilines is 1. The Morgan fingerprint density at radius 3 is 2.63 bits per heavy atom. The first-order valence-corrected chi connectivity index (χ1v) is 11.3. The van der Waals surface area contributed by atoms with E-state index >= 15 is 0 Å². The summed E-state index contributed by atoms with van der Waals surface area (Å²) >= 11 is 0. The van der Waals surface area contributed by atoms with Gasteiger partial charge in [-0.2, -0.15) is 5.10 Å². The first kappa shape index (κ1) is 18.8. The molecule has 0 bridgehead atoms. The fourth-order valence-corrected chi connectivity index (χ4v) is 5.17. The van der Waals surface area contributed by atoms with Gasteiger partial charge in [0.05, 0.1) is 22.9 Å². The lowest BCUT2D eigenvalue weighted by Gasteiger charge is -2.14. The van der Waals surface area contributed by atoms with Crippen LogP contribution in [0.2, 0.25) is 0 Å². The van der Waals surface area contributed by atoms with E-state index < -0.39 is 10.8 Å². The zero-order chi connectivity index (χ0) is 20.8. The van der Waals surface area contributed by atoms with Gasteiger partial charge in [0.1, 0.15) is 5.82 Å². The fraction of sp³-hybridized carbons (Fsp3) is 0.167. The van der Waals surface area contributed by atoms with Crippen LogP contribution in [0.25, 0.3) is 16.5 Å². The summed E-state index contributed by atoms with van der Waals surface area (Å²) in [6, 6.07) is 19.7. The summed E-state index contributed by atoms with van der Waals surface area (Å²) in [5.74, 6) is 1.25. The number of rotatable bonds is 3. The summed E-state index contributed by atoms with van der Waals surface area (Å²) < 4.78 is 13.9. The van der Waals surface area contributed by atoms with Crippen LogP contribution in [0.3, 0.4) is 0 Å². The van der Waals surface area contributed by atoms with Gasteiger partial charge in [-0.05, 0) is 53.9 Å². The summed E-state index contributed by atoms with van der Waals surface area (Å²) in [5.41, 5.74) is 5.41. The smallest absolute Gasteiger partial charge is 0.256 e. The number of hydrogen-bond acceptors (Lipinski definition) is 3. The molecular formula is C24H21N3O2S. The van der Waals surface area contributed by atoms with Crippen molar-refractivity contribution in [1.82, 2.24) is 9.78 Å². The number of carbonyl (C=O) groups is 1. The van der Waals surface area contributed by atoms with Crippen LogP contribution in [-0.2, 0) is 22.3 Å². The van der Waals surface area contributed by atoms with E-state index in [0.717, 1.165) is 38.8 Å². The first-order chi connectivity index (χ1) is 14.5. The van der Waals surface area contributed by atoms with Crippen molar-refractivity contribution in [2.75, 3.05) is 5.32 Å². The molecule has 3 aromatic carbocycles. The molecule has 6 heteroatoms. The molecule has 0 spiro atoms. The average molecular weight is 416 g/mol. The van der Waals surface area contributed by atoms with Gasteiger partial charge in [0.2, 0.25) is 0 Å². The number of aryl methyl sites for hydroxylation is 1. The number of aromatic nitrogens is 2. The molecule has 0 unspecified atom stereocenters. The molecule has 0 radical (unpaired) electrons. The van der Waals surface area contributed by atoms with Crippen molar-refractivity contribution in [3.05, 3.63) is 88.6 Å². The Morgan fingerprint density at radius 2 is 1.80 bits per heavy atom. The highest BCUT2D eigenvalue weighted by atomic mass is 32.2. The number of amides is 1. The Bertz CT molecular complexity index is 1340. The number of nitrogens with one attached hydrogen (secondary N) is 1. The Balaban J connectivity index is 1.58. The van der Waals surface area contributed by atoms with Crippen LogP contribution in [0, 0.1) is 13.8 Å². The van der Waals surface area contributed by atoms with E-state index in [9.17, 15) is 9.00 Å². The van der Waals surface area contributed by atoms with E-state index in [1.807, 2.05) is 61.5 Å². The van der Waals surface area contributed by atoms with E-state index in [-0.39, 0.29) is 5.91 Å². The molecule has 0 saturated heterocycles. The van der Waals surface area contributed by atoms with E-state index in [4.69, 9.17) is 5.10 Å². The molecule has 1 atom stereocenters. The fourth-order valence-electron chi connectivity index (χ4n) is 3.91. The Kier molecular flexibility index (Phi) is 4.51. The molecule has 0 fully saturated rings. The third-order valence-electron chi connectivity index (χ3n) is 5.72. The van der Waals surface area contributed by atoms with Crippen molar-refractivity contribution in [3.63, 3.8) is 0 Å². The van der Waals surface area contributed by atoms with Crippen molar-refractivity contribution in [2.24, 2.45) is 0 Å². The summed E-state index contributed by atoms with van der Waals surface area (Å²) in [6.45, 7) is 4.10. The van der Waals surface area contributed by atoms with E-state index in [2.05, 4.69) is 18.3 Å². The van der Waals surface area contributed by atoms with Crippen LogP contribution < -0.4 is 5.32 Å². The van der Waals surface area contributed by atoms with Crippen LogP contribution in [0.5, 0.6) is 0 Å². The summed E-state index contributed by atoms with van der Waals surface area (Å²) in [4.78, 5) is 13.1. The van der Waals surface area contributed by atoms with Gasteiger partial charge in [-0.1, -0.05) is 42.5 Å². The maximum atomic E-state index is 13.1. The van der Waals surface area contributed by atoms with Crippen LogP contribution in [0.15, 0.2) is 60.7 Å². The van der Waals surface area contributed by atoms with Gasteiger partial charge >= 0.3 is 0 Å². The van der Waals surface area contributed by atoms with Crippen molar-refractivity contribution in [2.45, 2.75) is 25.4 Å². The van der Waals surface area contributed by atoms with Gasteiger partial charge in [0.25, 0.3) is 5.91 Å². The zero-order valence-electron chi connectivity index (χ0n) is 16.8. The minimum Gasteiger partial charge on any atom is -0.306 e. The van der Waals surface area contributed by atoms with Crippen LogP contribution in [0.4, 0.5) is 5.82 Å². The number of benzene rings is 3. The predicted molar refractivity (Wildman–Crippen MR) is 120 cm³/mol. The van der Waals surface area contributed by atoms with Gasteiger partial charge < -0.3 is 5.32 Å². The molecule has 0 saturated carbocycles. The predicted octanol–water partition coefficient (Wildman–Crippen LogP) is 4.66. The minimum absolute atomic E-state index is 0.201. The summed E-state index contributed by atoms with van der Waals surface area (Å²) in [7, 11) is -0.978. The zero-order valence-corrected chi connectivity index (χ0v) is 17.6. The molecule has 150 valence electrons. The van der Waals surface area contributed by atoms with Crippen molar-refractivity contribution >= 4 is 33.3 Å².